The van der Waals surface area contributed by atoms with E-state index in [0.717, 1.165) is 63.8 Å². The van der Waals surface area contributed by atoms with Crippen molar-refractivity contribution >= 4 is 18.5 Å². The summed E-state index contributed by atoms with van der Waals surface area (Å²) in [5.41, 5.74) is 0. The van der Waals surface area contributed by atoms with Crippen LogP contribution in [0.2, 0.25) is 0 Å². The quantitative estimate of drug-likeness (QED) is 0.0205. The van der Waals surface area contributed by atoms with E-state index in [1.807, 2.05) is 12.6 Å². The van der Waals surface area contributed by atoms with Crippen molar-refractivity contribution in [1.29, 1.82) is 0 Å². The van der Waals surface area contributed by atoms with Crippen LogP contribution in [0, 0.1) is 17.8 Å². The molecule has 0 rings (SSSR count). The minimum absolute atomic E-state index is 0.0602. The standard InChI is InChI=1S/C18H36O2.2C18H35O.C3H8O2.O.Ti/c1-17(2)15-13-11-9-7-5-3-4-6-8-10-12-14-16-18(19)20;2*1-18(2)16-14-12-10-8-6-4-3-5-7-9-11-13-15-17-19;1-3(2)5-4;;/h17H,3-16H2,1-2H3,(H,19,20);2*18H,3-16H2,1-2H3;3-4H,1-2H3;;/q;2*-1;;;+2. The molecule has 388 valence electrons. The number of carbonyl (C=O) groups is 1. The van der Waals surface area contributed by atoms with Crippen molar-refractivity contribution in [3.05, 3.63) is 0 Å². The molecule has 0 bridgehead atoms. The van der Waals surface area contributed by atoms with Crippen molar-refractivity contribution in [3.63, 3.8) is 0 Å². The molecule has 0 aliphatic carbocycles. The van der Waals surface area contributed by atoms with Crippen LogP contribution in [0.15, 0.2) is 0 Å². The summed E-state index contributed by atoms with van der Waals surface area (Å²) in [6, 6.07) is 0. The van der Waals surface area contributed by atoms with Gasteiger partial charge in [-0.25, -0.2) is 4.89 Å². The topological polar surface area (TPSA) is 118 Å². The average Bonchev–Trinajstić information content (AvgIpc) is 3.27. The van der Waals surface area contributed by atoms with Crippen molar-refractivity contribution < 1.29 is 53.4 Å². The Bertz CT molecular complexity index is 811. The first kappa shape index (κ1) is 73.2. The molecule has 0 aromatic heterocycles. The maximum atomic E-state index is 10.3. The normalized spacial score (nSPS) is 10.8. The van der Waals surface area contributed by atoms with Crippen LogP contribution < -0.4 is 0 Å². The van der Waals surface area contributed by atoms with Gasteiger partial charge in [-0.3, -0.25) is 22.6 Å². The Labute approximate surface area is 418 Å². The van der Waals surface area contributed by atoms with Gasteiger partial charge in [-0.05, 0) is 38.0 Å². The van der Waals surface area contributed by atoms with E-state index in [2.05, 4.69) is 46.4 Å². The third-order valence-electron chi connectivity index (χ3n) is 11.8. The second-order valence-electron chi connectivity index (χ2n) is 20.4. The number of hydrogen-bond donors (Lipinski definition) is 2. The van der Waals surface area contributed by atoms with Crippen LogP contribution in [0.3, 0.4) is 0 Å². The zero-order valence-electron chi connectivity index (χ0n) is 44.9. The number of aliphatic carboxylic acids is 1. The fourth-order valence-corrected chi connectivity index (χ4v) is 7.63. The molecule has 0 saturated carbocycles. The molecule has 0 radical (unpaired) electrons. The first-order chi connectivity index (χ1) is 31.4. The summed E-state index contributed by atoms with van der Waals surface area (Å²) in [5.74, 6) is 1.97. The molecule has 65 heavy (non-hydrogen) atoms. The van der Waals surface area contributed by atoms with E-state index in [4.69, 9.17) is 13.7 Å². The summed E-state index contributed by atoms with van der Waals surface area (Å²) in [7, 11) is 0. The van der Waals surface area contributed by atoms with Crippen LogP contribution in [-0.4, -0.2) is 35.0 Å². The van der Waals surface area contributed by atoms with Crippen LogP contribution in [0.1, 0.15) is 325 Å². The van der Waals surface area contributed by atoms with Crippen LogP contribution in [0.5, 0.6) is 0 Å². The summed E-state index contributed by atoms with van der Waals surface area (Å²) in [6.45, 7) is 17.4. The Balaban J connectivity index is -0.000000257. The first-order valence-electron chi connectivity index (χ1n) is 27.9. The number of hydrogen-bond acceptors (Lipinski definition) is 6. The fourth-order valence-electron chi connectivity index (χ4n) is 7.63. The van der Waals surface area contributed by atoms with Crippen LogP contribution in [0.4, 0.5) is 0 Å². The van der Waals surface area contributed by atoms with E-state index in [1.165, 1.54) is 225 Å². The Morgan fingerprint density at radius 2 is 0.538 bits per heavy atom. The van der Waals surface area contributed by atoms with Gasteiger partial charge >= 0.3 is 29.7 Å². The van der Waals surface area contributed by atoms with E-state index >= 15 is 0 Å². The van der Waals surface area contributed by atoms with Crippen LogP contribution in [-0.2, 0) is 43.0 Å². The average molecular weight is 959 g/mol. The van der Waals surface area contributed by atoms with E-state index in [9.17, 15) is 14.4 Å². The molecule has 0 saturated heterocycles. The van der Waals surface area contributed by atoms with Gasteiger partial charge in [-0.15, -0.1) is 0 Å². The predicted octanol–water partition coefficient (Wildman–Crippen LogP) is 19.4. The van der Waals surface area contributed by atoms with E-state index in [0.29, 0.717) is 19.3 Å². The number of rotatable bonds is 46. The Morgan fingerprint density at radius 3 is 0.692 bits per heavy atom. The predicted molar refractivity (Wildman–Crippen MR) is 277 cm³/mol. The van der Waals surface area contributed by atoms with Gasteiger partial charge in [0, 0.05) is 6.42 Å². The SMILES string of the molecule is CC(C)CCCCCCCCCCCCCCC(=O)O.CC(C)CCCCCCCCCCCCCC[C-]=O.CC(C)CCCCCCCCCCCCCC[C-]=O.CC(C)OO.[O]=[Ti+2]. The number of carbonyl (C=O) groups excluding carboxylic acids is 2. The zero-order chi connectivity index (χ0) is 49.7. The number of unbranched alkanes of at least 4 members (excludes halogenated alkanes) is 35. The second kappa shape index (κ2) is 69.8. The molecular weight excluding hydrogens is 844 g/mol. The third kappa shape index (κ3) is 94.0. The summed E-state index contributed by atoms with van der Waals surface area (Å²) >= 11 is 0.750. The molecule has 0 amide bonds. The molecule has 0 aromatic rings. The first-order valence-corrected chi connectivity index (χ1v) is 28.5. The van der Waals surface area contributed by atoms with Gasteiger partial charge in [0.2, 0.25) is 0 Å². The van der Waals surface area contributed by atoms with Crippen molar-refractivity contribution in [1.82, 2.24) is 0 Å². The van der Waals surface area contributed by atoms with Gasteiger partial charge in [-0.2, -0.15) is 12.8 Å². The van der Waals surface area contributed by atoms with Gasteiger partial charge in [0.1, 0.15) is 0 Å². The molecule has 0 heterocycles. The molecule has 7 nitrogen and oxygen atoms in total. The molecule has 0 aromatic carbocycles. The van der Waals surface area contributed by atoms with E-state index in [-0.39, 0.29) is 6.10 Å². The number of carboxylic acids is 1. The van der Waals surface area contributed by atoms with Crippen molar-refractivity contribution in [2.45, 2.75) is 331 Å². The number of carboxylic acid groups (broad SMARTS) is 1. The second-order valence-corrected chi connectivity index (χ2v) is 20.4. The molecule has 0 aliphatic heterocycles. The summed E-state index contributed by atoms with van der Waals surface area (Å²) in [6.07, 6.45) is 57.9. The molecule has 0 unspecified atom stereocenters. The molecule has 0 aliphatic rings. The van der Waals surface area contributed by atoms with Crippen molar-refractivity contribution in [2.24, 2.45) is 17.8 Å². The van der Waals surface area contributed by atoms with Crippen molar-refractivity contribution in [2.75, 3.05) is 0 Å². The van der Waals surface area contributed by atoms with Gasteiger partial charge in [-0.1, -0.05) is 286 Å². The summed E-state index contributed by atoms with van der Waals surface area (Å²) in [4.78, 5) is 34.1. The summed E-state index contributed by atoms with van der Waals surface area (Å²) < 4.78 is 8.25. The van der Waals surface area contributed by atoms with E-state index in [1.54, 1.807) is 13.8 Å². The van der Waals surface area contributed by atoms with Gasteiger partial charge in [0.25, 0.3) is 0 Å². The molecule has 0 atom stereocenters. The molecule has 2 N–H and O–H groups in total. The van der Waals surface area contributed by atoms with Crippen molar-refractivity contribution in [3.8, 4) is 0 Å². The zero-order valence-corrected chi connectivity index (χ0v) is 46.5. The molecule has 8 heteroatoms. The molecular formula is C57H114O7Ti. The van der Waals surface area contributed by atoms with Gasteiger partial charge in [0.15, 0.2) is 0 Å². The van der Waals surface area contributed by atoms with Gasteiger partial charge in [0.05, 0.1) is 6.10 Å². The maximum absolute atomic E-state index is 10.3. The third-order valence-corrected chi connectivity index (χ3v) is 11.8. The molecule has 0 fully saturated rings. The van der Waals surface area contributed by atoms with Crippen LogP contribution >= 0.6 is 0 Å². The Kier molecular flexibility index (Phi) is 78.6. The Hall–Kier alpha value is -0.756. The summed E-state index contributed by atoms with van der Waals surface area (Å²) in [5, 5.41) is 16.2. The van der Waals surface area contributed by atoms with E-state index < -0.39 is 5.97 Å². The van der Waals surface area contributed by atoms with Crippen LogP contribution in [0.25, 0.3) is 0 Å². The Morgan fingerprint density at radius 1 is 0.369 bits per heavy atom. The van der Waals surface area contributed by atoms with Gasteiger partial charge < -0.3 is 14.7 Å². The fraction of sp³-hybridized carbons (Fsp3) is 0.947. The minimum atomic E-state index is -0.654. The molecule has 0 spiro atoms. The monoisotopic (exact) mass is 959 g/mol.